The Morgan fingerprint density at radius 2 is 0.833 bits per heavy atom. The van der Waals surface area contributed by atoms with Crippen LogP contribution in [0, 0.1) is 0 Å². The van der Waals surface area contributed by atoms with Gasteiger partial charge in [0.05, 0.1) is 23.7 Å². The van der Waals surface area contributed by atoms with Crippen LogP contribution < -0.4 is 0 Å². The Kier molecular flexibility index (Phi) is 282. The minimum absolute atomic E-state index is 0. The molecule has 0 aliphatic rings. The van der Waals surface area contributed by atoms with Gasteiger partial charge in [0, 0.05) is 0 Å². The molecular formula is H6Cl2O4. The first-order valence-corrected chi connectivity index (χ1v) is 0.926. The highest BCUT2D eigenvalue weighted by Gasteiger charge is 1.38. The summed E-state index contributed by atoms with van der Waals surface area (Å²) < 4.78 is 3.19. The summed E-state index contributed by atoms with van der Waals surface area (Å²) >= 11 is 8.53. The molecule has 6 N–H and O–H groups in total. The van der Waals surface area contributed by atoms with Crippen LogP contribution in [0.4, 0.5) is 0 Å². The summed E-state index contributed by atoms with van der Waals surface area (Å²) in [6.45, 7) is 0. The second kappa shape index (κ2) is 52.5. The Balaban J connectivity index is -0.00000000667. The minimum atomic E-state index is 0. The van der Waals surface area contributed by atoms with E-state index < -0.39 is 0 Å². The van der Waals surface area contributed by atoms with Crippen LogP contribution in [0.3, 0.4) is 0 Å². The van der Waals surface area contributed by atoms with E-state index in [0.29, 0.717) is 0 Å². The maximum absolute atomic E-state index is 4.26. The van der Waals surface area contributed by atoms with Gasteiger partial charge in [-0.25, -0.2) is 0 Å². The lowest BCUT2D eigenvalue weighted by Gasteiger charge is -1.46. The van der Waals surface area contributed by atoms with E-state index in [0.717, 1.165) is 0 Å². The second-order valence-corrected chi connectivity index (χ2v) is 0.525. The first-order valence-electron chi connectivity index (χ1n) is 0.309. The zero-order valence-electron chi connectivity index (χ0n) is 2.66. The van der Waals surface area contributed by atoms with Gasteiger partial charge in [0.15, 0.2) is 0 Å². The van der Waals surface area contributed by atoms with Gasteiger partial charge in [-0.1, -0.05) is 0 Å². The van der Waals surface area contributed by atoms with Gasteiger partial charge in [-0.3, -0.25) is 0 Å². The van der Waals surface area contributed by atoms with Gasteiger partial charge >= 0.3 is 0 Å². The molecule has 6 heteroatoms. The molecule has 0 fully saturated rings. The van der Waals surface area contributed by atoms with Crippen molar-refractivity contribution in [3.63, 3.8) is 0 Å². The fourth-order valence-electron chi connectivity index (χ4n) is 0. The van der Waals surface area contributed by atoms with Gasteiger partial charge in [-0.15, -0.1) is 0 Å². The van der Waals surface area contributed by atoms with Crippen LogP contribution in [-0.2, 0) is 3.84 Å². The molecule has 0 heterocycles. The second-order valence-electron chi connectivity index (χ2n) is 0.0583. The number of halogens is 2. The molecule has 44 valence electrons. The summed E-state index contributed by atoms with van der Waals surface area (Å²) in [6, 6.07) is 0. The quantitative estimate of drug-likeness (QED) is 0.416. The van der Waals surface area contributed by atoms with Crippen molar-refractivity contribution >= 4 is 23.7 Å². The molecule has 0 aromatic rings. The van der Waals surface area contributed by atoms with E-state index in [1.165, 1.54) is 0 Å². The SMILES string of the molecule is ClOCl.O.O.O. The third-order valence-electron chi connectivity index (χ3n) is 0. The molecule has 0 aliphatic heterocycles. The summed E-state index contributed by atoms with van der Waals surface area (Å²) in [6.07, 6.45) is 0. The Bertz CT molecular complexity index is 5.51. The molecule has 4 nitrogen and oxygen atoms in total. The molecule has 6 heavy (non-hydrogen) atoms. The van der Waals surface area contributed by atoms with E-state index in [1.54, 1.807) is 0 Å². The van der Waals surface area contributed by atoms with Crippen molar-refractivity contribution in [2.45, 2.75) is 0 Å². The molecule has 0 saturated heterocycles. The summed E-state index contributed by atoms with van der Waals surface area (Å²) in [4.78, 5) is 0. The van der Waals surface area contributed by atoms with Crippen LogP contribution in [0.15, 0.2) is 0 Å². The molecule has 0 radical (unpaired) electrons. The first kappa shape index (κ1) is 32.2. The van der Waals surface area contributed by atoms with Crippen molar-refractivity contribution in [1.82, 2.24) is 0 Å². The molecular weight excluding hydrogens is 135 g/mol. The normalized spacial score (nSPS) is 3.00. The maximum Gasteiger partial charge on any atom is 0.0832 e. The maximum atomic E-state index is 4.26. The lowest BCUT2D eigenvalue weighted by atomic mass is 15.9. The van der Waals surface area contributed by atoms with E-state index in [1.807, 2.05) is 0 Å². The van der Waals surface area contributed by atoms with E-state index in [-0.39, 0.29) is 16.4 Å². The van der Waals surface area contributed by atoms with Crippen LogP contribution in [0.25, 0.3) is 0 Å². The molecule has 0 aromatic carbocycles. The smallest absolute Gasteiger partial charge is 0.0832 e. The molecule has 0 amide bonds. The number of rotatable bonds is 0. The zero-order chi connectivity index (χ0) is 2.71. The highest BCUT2D eigenvalue weighted by Crippen LogP contribution is 1.78. The summed E-state index contributed by atoms with van der Waals surface area (Å²) in [5.74, 6) is 0. The lowest BCUT2D eigenvalue weighted by molar-refractivity contribution is 0.697. The summed E-state index contributed by atoms with van der Waals surface area (Å²) in [5.41, 5.74) is 0. The molecule has 0 atom stereocenters. The van der Waals surface area contributed by atoms with Crippen LogP contribution in [0.5, 0.6) is 0 Å². The molecule has 0 unspecified atom stereocenters. The van der Waals surface area contributed by atoms with Crippen LogP contribution in [0.1, 0.15) is 0 Å². The zero-order valence-corrected chi connectivity index (χ0v) is 4.18. The monoisotopic (exact) mass is 140 g/mol. The largest absolute Gasteiger partial charge is 0.412 e. The predicted molar refractivity (Wildman–Crippen MR) is 23.6 cm³/mol. The highest BCUT2D eigenvalue weighted by molar-refractivity contribution is 6.24. The molecule has 0 aliphatic carbocycles. The van der Waals surface area contributed by atoms with Crippen LogP contribution in [-0.4, -0.2) is 16.4 Å². The third-order valence-corrected chi connectivity index (χ3v) is 0. The number of hydrogen-bond donors (Lipinski definition) is 0. The molecule has 0 spiro atoms. The first-order chi connectivity index (χ1) is 1.41. The Hall–Kier alpha value is 0.420. The molecule has 0 bridgehead atoms. The average Bonchev–Trinajstić information content (AvgIpc) is 0.918. The van der Waals surface area contributed by atoms with Gasteiger partial charge in [0.1, 0.15) is 0 Å². The van der Waals surface area contributed by atoms with Gasteiger partial charge in [0.25, 0.3) is 0 Å². The van der Waals surface area contributed by atoms with Gasteiger partial charge < -0.3 is 16.4 Å². The third kappa shape index (κ3) is 293. The van der Waals surface area contributed by atoms with E-state index >= 15 is 0 Å². The van der Waals surface area contributed by atoms with Gasteiger partial charge in [-0.05, 0) is 0 Å². The topological polar surface area (TPSA) is 104 Å². The van der Waals surface area contributed by atoms with Crippen molar-refractivity contribution in [2.24, 2.45) is 0 Å². The predicted octanol–water partition coefficient (Wildman–Crippen LogP) is -1.16. The summed E-state index contributed by atoms with van der Waals surface area (Å²) in [5, 5.41) is 0. The standard InChI is InChI=1S/Cl2O.3H2O/c1-3-2;;;/h;3*1H2. The molecule has 0 rings (SSSR count). The van der Waals surface area contributed by atoms with Crippen molar-refractivity contribution in [1.29, 1.82) is 0 Å². The van der Waals surface area contributed by atoms with Gasteiger partial charge in [0.2, 0.25) is 0 Å². The van der Waals surface area contributed by atoms with Crippen LogP contribution in [0.2, 0.25) is 0 Å². The lowest BCUT2D eigenvalue weighted by Crippen LogP contribution is -1.15. The van der Waals surface area contributed by atoms with Gasteiger partial charge in [-0.2, -0.15) is 3.84 Å². The van der Waals surface area contributed by atoms with Crippen molar-refractivity contribution in [3.8, 4) is 0 Å². The fraction of sp³-hybridized carbons (Fsp3) is 0. The van der Waals surface area contributed by atoms with Crippen molar-refractivity contribution in [2.75, 3.05) is 0 Å². The Morgan fingerprint density at radius 1 is 0.833 bits per heavy atom. The van der Waals surface area contributed by atoms with E-state index in [2.05, 4.69) is 27.6 Å². The minimum Gasteiger partial charge on any atom is -0.412 e. The van der Waals surface area contributed by atoms with E-state index in [9.17, 15) is 0 Å². The van der Waals surface area contributed by atoms with Crippen LogP contribution >= 0.6 is 23.7 Å². The summed E-state index contributed by atoms with van der Waals surface area (Å²) in [7, 11) is 0. The highest BCUT2D eigenvalue weighted by atomic mass is 35.6. The molecule has 0 aromatic heterocycles. The van der Waals surface area contributed by atoms with Crippen molar-refractivity contribution < 1.29 is 20.3 Å². The number of hydrogen-bond acceptors (Lipinski definition) is 1. The molecule has 0 saturated carbocycles. The van der Waals surface area contributed by atoms with E-state index in [4.69, 9.17) is 0 Å². The van der Waals surface area contributed by atoms with Crippen molar-refractivity contribution in [3.05, 3.63) is 0 Å². The Labute approximate surface area is 44.9 Å². The fourth-order valence-corrected chi connectivity index (χ4v) is 0. The average molecular weight is 141 g/mol. The Morgan fingerprint density at radius 3 is 0.833 bits per heavy atom.